The number of carbonyl (C=O) groups is 1. The van der Waals surface area contributed by atoms with Crippen molar-refractivity contribution in [2.75, 3.05) is 5.32 Å². The lowest BCUT2D eigenvalue weighted by atomic mass is 10.2. The van der Waals surface area contributed by atoms with Gasteiger partial charge in [-0.15, -0.1) is 0 Å². The number of benzene rings is 2. The van der Waals surface area contributed by atoms with Crippen LogP contribution in [0.25, 0.3) is 22.1 Å². The standard InChI is InChI=1S/C20H17N3O2S/c1-12-7-3-5-9-15(12)23-19(24)13(2)26-20-18-17(21-11-22-20)14-8-4-6-10-16(14)25-18/h3-11,13H,1-2H3,(H,23,24). The second-order valence-corrected chi connectivity index (χ2v) is 7.35. The SMILES string of the molecule is Cc1ccccc1NC(=O)C(C)Sc1ncnc2c1oc1ccccc12. The van der Waals surface area contributed by atoms with Crippen LogP contribution in [0.3, 0.4) is 0 Å². The Balaban J connectivity index is 1.60. The zero-order valence-corrected chi connectivity index (χ0v) is 15.2. The molecular formula is C20H17N3O2S. The Bertz CT molecular complexity index is 1110. The molecule has 1 atom stereocenters. The number of rotatable bonds is 4. The van der Waals surface area contributed by atoms with E-state index in [0.717, 1.165) is 27.7 Å². The maximum atomic E-state index is 12.6. The van der Waals surface area contributed by atoms with E-state index in [1.807, 2.05) is 62.4 Å². The van der Waals surface area contributed by atoms with E-state index in [-0.39, 0.29) is 11.2 Å². The summed E-state index contributed by atoms with van der Waals surface area (Å²) in [5, 5.41) is 4.25. The second-order valence-electron chi connectivity index (χ2n) is 6.02. The molecule has 0 radical (unpaired) electrons. The van der Waals surface area contributed by atoms with E-state index >= 15 is 0 Å². The number of carbonyl (C=O) groups excluding carboxylic acids is 1. The van der Waals surface area contributed by atoms with Gasteiger partial charge in [-0.05, 0) is 37.6 Å². The summed E-state index contributed by atoms with van der Waals surface area (Å²) in [6.07, 6.45) is 1.51. The number of aromatic nitrogens is 2. The zero-order valence-electron chi connectivity index (χ0n) is 14.4. The number of nitrogens with zero attached hydrogens (tertiary/aromatic N) is 2. The third-order valence-electron chi connectivity index (χ3n) is 4.19. The Kier molecular flexibility index (Phi) is 4.34. The molecule has 1 N–H and O–H groups in total. The van der Waals surface area contributed by atoms with Gasteiger partial charge in [0.15, 0.2) is 5.58 Å². The van der Waals surface area contributed by atoms with Crippen molar-refractivity contribution in [1.29, 1.82) is 0 Å². The summed E-state index contributed by atoms with van der Waals surface area (Å²) in [5.41, 5.74) is 4.00. The number of furan rings is 1. The number of nitrogens with one attached hydrogen (secondary N) is 1. The molecule has 2 aromatic carbocycles. The molecule has 0 bridgehead atoms. The number of thioether (sulfide) groups is 1. The molecule has 2 heterocycles. The number of aryl methyl sites for hydroxylation is 1. The van der Waals surface area contributed by atoms with E-state index in [1.54, 1.807) is 0 Å². The molecule has 6 heteroatoms. The fraction of sp³-hybridized carbons (Fsp3) is 0.150. The molecule has 2 aromatic heterocycles. The topological polar surface area (TPSA) is 68.0 Å². The maximum absolute atomic E-state index is 12.6. The monoisotopic (exact) mass is 363 g/mol. The first-order valence-electron chi connectivity index (χ1n) is 8.29. The second kappa shape index (κ2) is 6.80. The van der Waals surface area contributed by atoms with Gasteiger partial charge in [0.2, 0.25) is 5.91 Å². The van der Waals surface area contributed by atoms with Crippen LogP contribution in [0, 0.1) is 6.92 Å². The van der Waals surface area contributed by atoms with Crippen LogP contribution >= 0.6 is 11.8 Å². The van der Waals surface area contributed by atoms with Crippen molar-refractivity contribution in [3.8, 4) is 0 Å². The predicted molar refractivity (Wildman–Crippen MR) is 104 cm³/mol. The van der Waals surface area contributed by atoms with Gasteiger partial charge in [-0.2, -0.15) is 0 Å². The lowest BCUT2D eigenvalue weighted by Gasteiger charge is -2.13. The summed E-state index contributed by atoms with van der Waals surface area (Å²) in [4.78, 5) is 21.2. The lowest BCUT2D eigenvalue weighted by Crippen LogP contribution is -2.22. The highest BCUT2D eigenvalue weighted by Crippen LogP contribution is 2.34. The molecule has 5 nitrogen and oxygen atoms in total. The first-order chi connectivity index (χ1) is 12.6. The van der Waals surface area contributed by atoms with Crippen LogP contribution in [0.15, 0.2) is 64.3 Å². The number of para-hydroxylation sites is 2. The van der Waals surface area contributed by atoms with Crippen molar-refractivity contribution in [2.24, 2.45) is 0 Å². The van der Waals surface area contributed by atoms with Crippen LogP contribution < -0.4 is 5.32 Å². The van der Waals surface area contributed by atoms with Crippen LogP contribution in [0.1, 0.15) is 12.5 Å². The van der Waals surface area contributed by atoms with Gasteiger partial charge in [0.05, 0.1) is 5.25 Å². The summed E-state index contributed by atoms with van der Waals surface area (Å²) in [7, 11) is 0. The lowest BCUT2D eigenvalue weighted by molar-refractivity contribution is -0.115. The van der Waals surface area contributed by atoms with Gasteiger partial charge in [-0.1, -0.05) is 42.1 Å². The van der Waals surface area contributed by atoms with E-state index < -0.39 is 0 Å². The molecule has 0 aliphatic carbocycles. The van der Waals surface area contributed by atoms with Gasteiger partial charge in [0, 0.05) is 11.1 Å². The van der Waals surface area contributed by atoms with E-state index in [0.29, 0.717) is 10.6 Å². The molecule has 1 unspecified atom stereocenters. The largest absolute Gasteiger partial charge is 0.451 e. The van der Waals surface area contributed by atoms with Crippen molar-refractivity contribution < 1.29 is 9.21 Å². The minimum absolute atomic E-state index is 0.0767. The molecule has 4 aromatic rings. The summed E-state index contributed by atoms with van der Waals surface area (Å²) in [6, 6.07) is 15.5. The summed E-state index contributed by atoms with van der Waals surface area (Å²) < 4.78 is 5.92. The molecule has 0 spiro atoms. The normalized spacial score (nSPS) is 12.4. The van der Waals surface area contributed by atoms with E-state index in [4.69, 9.17) is 4.42 Å². The Morgan fingerprint density at radius 1 is 1.12 bits per heavy atom. The predicted octanol–water partition coefficient (Wildman–Crippen LogP) is 4.80. The van der Waals surface area contributed by atoms with Crippen LogP contribution in [0.4, 0.5) is 5.69 Å². The van der Waals surface area contributed by atoms with Crippen LogP contribution in [0.5, 0.6) is 0 Å². The quantitative estimate of drug-likeness (QED) is 0.416. The number of amides is 1. The fourth-order valence-electron chi connectivity index (χ4n) is 2.76. The van der Waals surface area contributed by atoms with Gasteiger partial charge in [-0.25, -0.2) is 9.97 Å². The Labute approximate surface area is 154 Å². The van der Waals surface area contributed by atoms with E-state index in [1.165, 1.54) is 18.1 Å². The fourth-order valence-corrected chi connectivity index (χ4v) is 3.61. The minimum atomic E-state index is -0.332. The molecule has 0 saturated heterocycles. The van der Waals surface area contributed by atoms with Crippen molar-refractivity contribution in [2.45, 2.75) is 24.1 Å². The minimum Gasteiger partial charge on any atom is -0.451 e. The first-order valence-corrected chi connectivity index (χ1v) is 9.17. The molecule has 0 aliphatic heterocycles. The molecular weight excluding hydrogens is 346 g/mol. The highest BCUT2D eigenvalue weighted by molar-refractivity contribution is 8.00. The van der Waals surface area contributed by atoms with Crippen molar-refractivity contribution >= 4 is 45.4 Å². The molecule has 26 heavy (non-hydrogen) atoms. The molecule has 4 rings (SSSR count). The first kappa shape index (κ1) is 16.6. The molecule has 0 fully saturated rings. The van der Waals surface area contributed by atoms with Crippen molar-refractivity contribution in [3.63, 3.8) is 0 Å². The highest BCUT2D eigenvalue weighted by Gasteiger charge is 2.20. The Morgan fingerprint density at radius 2 is 1.88 bits per heavy atom. The third-order valence-corrected chi connectivity index (χ3v) is 5.27. The molecule has 0 saturated carbocycles. The van der Waals surface area contributed by atoms with E-state index in [9.17, 15) is 4.79 Å². The number of hydrogen-bond acceptors (Lipinski definition) is 5. The number of anilines is 1. The summed E-state index contributed by atoms with van der Waals surface area (Å²) >= 11 is 1.36. The van der Waals surface area contributed by atoms with Gasteiger partial charge in [-0.3, -0.25) is 4.79 Å². The Hall–Kier alpha value is -2.86. The van der Waals surface area contributed by atoms with Crippen LogP contribution in [0.2, 0.25) is 0 Å². The maximum Gasteiger partial charge on any atom is 0.237 e. The molecule has 130 valence electrons. The zero-order chi connectivity index (χ0) is 18.1. The number of fused-ring (bicyclic) bond motifs is 3. The van der Waals surface area contributed by atoms with Crippen LogP contribution in [-0.4, -0.2) is 21.1 Å². The molecule has 0 aliphatic rings. The van der Waals surface area contributed by atoms with E-state index in [2.05, 4.69) is 15.3 Å². The van der Waals surface area contributed by atoms with Crippen LogP contribution in [-0.2, 0) is 4.79 Å². The van der Waals surface area contributed by atoms with Crippen molar-refractivity contribution in [1.82, 2.24) is 9.97 Å². The van der Waals surface area contributed by atoms with Crippen molar-refractivity contribution in [3.05, 3.63) is 60.4 Å². The summed E-state index contributed by atoms with van der Waals surface area (Å²) in [6.45, 7) is 3.82. The molecule has 1 amide bonds. The van der Waals surface area contributed by atoms with Gasteiger partial charge < -0.3 is 9.73 Å². The third kappa shape index (κ3) is 3.04. The highest BCUT2D eigenvalue weighted by atomic mass is 32.2. The number of hydrogen-bond donors (Lipinski definition) is 1. The van der Waals surface area contributed by atoms with Gasteiger partial charge >= 0.3 is 0 Å². The smallest absolute Gasteiger partial charge is 0.237 e. The summed E-state index contributed by atoms with van der Waals surface area (Å²) in [5.74, 6) is -0.0767. The van der Waals surface area contributed by atoms with Gasteiger partial charge in [0.1, 0.15) is 22.5 Å². The Morgan fingerprint density at radius 3 is 2.73 bits per heavy atom. The average Bonchev–Trinajstić information content (AvgIpc) is 3.03. The average molecular weight is 363 g/mol. The van der Waals surface area contributed by atoms with Gasteiger partial charge in [0.25, 0.3) is 0 Å².